The van der Waals surface area contributed by atoms with Crippen molar-refractivity contribution in [3.8, 4) is 33.4 Å². The largest absolute Gasteiger partial charge is 0.456 e. The fraction of sp³-hybridized carbons (Fsp3) is 0.0943. The molecule has 0 amide bonds. The predicted octanol–water partition coefficient (Wildman–Crippen LogP) is 14.4. The van der Waals surface area contributed by atoms with E-state index in [0.717, 1.165) is 39.0 Å². The maximum absolute atomic E-state index is 6.84. The Balaban J connectivity index is 1.05. The number of benzene rings is 8. The monoisotopic (exact) mass is 705 g/mol. The van der Waals surface area contributed by atoms with Crippen LogP contribution in [0.15, 0.2) is 186 Å². The van der Waals surface area contributed by atoms with E-state index in [1.807, 2.05) is 0 Å². The summed E-state index contributed by atoms with van der Waals surface area (Å²) in [5.41, 5.74) is 19.0. The van der Waals surface area contributed by atoms with Crippen LogP contribution < -0.4 is 4.90 Å². The van der Waals surface area contributed by atoms with Gasteiger partial charge in [0.05, 0.1) is 0 Å². The van der Waals surface area contributed by atoms with Gasteiger partial charge in [0.2, 0.25) is 0 Å². The molecule has 0 saturated carbocycles. The number of anilines is 3. The molecule has 2 aliphatic carbocycles. The first-order valence-corrected chi connectivity index (χ1v) is 19.3. The lowest BCUT2D eigenvalue weighted by atomic mass is 9.74. The van der Waals surface area contributed by atoms with Gasteiger partial charge in [0.25, 0.3) is 0 Å². The van der Waals surface area contributed by atoms with Gasteiger partial charge in [0.15, 0.2) is 0 Å². The van der Waals surface area contributed by atoms with Crippen molar-refractivity contribution in [1.29, 1.82) is 0 Å². The average molecular weight is 706 g/mol. The van der Waals surface area contributed by atoms with E-state index in [9.17, 15) is 0 Å². The SMILES string of the molecule is CC1(C)c2ccccc2-c2ccc(N(c3ccc(-c4ccccc4)cc3)c3ccc4c(c3)oc3cc(C5(C)c6ccccc6-c6ccccc65)ccc34)cc21. The number of hydrogen-bond donors (Lipinski definition) is 0. The molecule has 1 heterocycles. The van der Waals surface area contributed by atoms with E-state index in [-0.39, 0.29) is 10.8 Å². The average Bonchev–Trinajstić information content (AvgIpc) is 3.81. The third kappa shape index (κ3) is 4.61. The van der Waals surface area contributed by atoms with Gasteiger partial charge in [-0.2, -0.15) is 0 Å². The second-order valence-electron chi connectivity index (χ2n) is 15.9. The lowest BCUT2D eigenvalue weighted by Gasteiger charge is -2.28. The van der Waals surface area contributed by atoms with Gasteiger partial charge < -0.3 is 9.32 Å². The summed E-state index contributed by atoms with van der Waals surface area (Å²) >= 11 is 0. The Morgan fingerprint density at radius 1 is 0.382 bits per heavy atom. The molecule has 0 fully saturated rings. The minimum atomic E-state index is -0.283. The van der Waals surface area contributed by atoms with Crippen molar-refractivity contribution in [3.05, 3.63) is 210 Å². The highest BCUT2D eigenvalue weighted by atomic mass is 16.3. The molecule has 11 rings (SSSR count). The second-order valence-corrected chi connectivity index (χ2v) is 15.9. The zero-order valence-electron chi connectivity index (χ0n) is 31.2. The Morgan fingerprint density at radius 2 is 0.873 bits per heavy atom. The number of rotatable bonds is 5. The fourth-order valence-electron chi connectivity index (χ4n) is 9.69. The first-order chi connectivity index (χ1) is 26.9. The van der Waals surface area contributed by atoms with Crippen molar-refractivity contribution in [3.63, 3.8) is 0 Å². The van der Waals surface area contributed by atoms with Gasteiger partial charge in [-0.15, -0.1) is 0 Å². The summed E-state index contributed by atoms with van der Waals surface area (Å²) in [5, 5.41) is 2.25. The Labute approximate surface area is 322 Å². The maximum atomic E-state index is 6.84. The minimum Gasteiger partial charge on any atom is -0.456 e. The second kappa shape index (κ2) is 11.7. The molecule has 9 aromatic rings. The summed E-state index contributed by atoms with van der Waals surface area (Å²) in [6.45, 7) is 7.05. The lowest BCUT2D eigenvalue weighted by molar-refractivity contribution is 0.660. The molecule has 0 N–H and O–H groups in total. The molecule has 8 aromatic carbocycles. The molecule has 0 unspecified atom stereocenters. The van der Waals surface area contributed by atoms with Gasteiger partial charge in [0, 0.05) is 44.7 Å². The van der Waals surface area contributed by atoms with Crippen LogP contribution in [0, 0.1) is 0 Å². The zero-order valence-corrected chi connectivity index (χ0v) is 31.2. The van der Waals surface area contributed by atoms with Crippen molar-refractivity contribution in [2.45, 2.75) is 31.6 Å². The number of hydrogen-bond acceptors (Lipinski definition) is 2. The molecule has 55 heavy (non-hydrogen) atoms. The van der Waals surface area contributed by atoms with Crippen LogP contribution in [0.3, 0.4) is 0 Å². The molecule has 2 aliphatic rings. The number of furan rings is 1. The summed E-state index contributed by atoms with van der Waals surface area (Å²) in [7, 11) is 0. The quantitative estimate of drug-likeness (QED) is 0.177. The van der Waals surface area contributed by atoms with Crippen molar-refractivity contribution in [2.24, 2.45) is 0 Å². The van der Waals surface area contributed by atoms with Crippen LogP contribution in [-0.4, -0.2) is 0 Å². The Kier molecular flexibility index (Phi) is 6.76. The van der Waals surface area contributed by atoms with Crippen molar-refractivity contribution < 1.29 is 4.42 Å². The highest BCUT2D eigenvalue weighted by Gasteiger charge is 2.41. The molecule has 0 saturated heterocycles. The smallest absolute Gasteiger partial charge is 0.137 e. The van der Waals surface area contributed by atoms with E-state index >= 15 is 0 Å². The van der Waals surface area contributed by atoms with Crippen molar-refractivity contribution in [1.82, 2.24) is 0 Å². The number of fused-ring (bicyclic) bond motifs is 9. The van der Waals surface area contributed by atoms with E-state index in [1.54, 1.807) is 0 Å². The van der Waals surface area contributed by atoms with Crippen LogP contribution in [0.5, 0.6) is 0 Å². The minimum absolute atomic E-state index is 0.109. The molecule has 0 spiro atoms. The van der Waals surface area contributed by atoms with Gasteiger partial charge in [-0.05, 0) is 111 Å². The van der Waals surface area contributed by atoms with Crippen molar-refractivity contribution >= 4 is 39.0 Å². The molecule has 1 aromatic heterocycles. The van der Waals surface area contributed by atoms with Crippen LogP contribution in [0.2, 0.25) is 0 Å². The molecule has 0 bridgehead atoms. The van der Waals surface area contributed by atoms with Crippen LogP contribution >= 0.6 is 0 Å². The first-order valence-electron chi connectivity index (χ1n) is 19.3. The Bertz CT molecular complexity index is 2920. The summed E-state index contributed by atoms with van der Waals surface area (Å²) < 4.78 is 6.84. The number of nitrogens with zero attached hydrogens (tertiary/aromatic N) is 1. The Morgan fingerprint density at radius 3 is 1.56 bits per heavy atom. The molecular weight excluding hydrogens is 667 g/mol. The molecule has 2 heteroatoms. The molecule has 2 nitrogen and oxygen atoms in total. The standard InChI is InChI=1S/C53H39NO/c1-52(2)46-18-10-7-15-40(46)43-29-26-38(32-49(43)52)54(37-24-21-35(22-25-37)34-13-5-4-6-14-34)39-27-30-45-44-28-23-36(31-50(44)55-51(45)33-39)53(3)47-19-11-8-16-41(47)42-17-9-12-20-48(42)53/h4-33H,1-3H3. The molecular formula is C53H39NO. The predicted molar refractivity (Wildman–Crippen MR) is 229 cm³/mol. The Hall–Kier alpha value is -6.64. The summed E-state index contributed by atoms with van der Waals surface area (Å²) in [4.78, 5) is 2.37. The third-order valence-corrected chi connectivity index (χ3v) is 12.6. The zero-order chi connectivity index (χ0) is 36.9. The third-order valence-electron chi connectivity index (χ3n) is 12.6. The van der Waals surface area contributed by atoms with E-state index in [0.29, 0.717) is 0 Å². The molecule has 0 aliphatic heterocycles. The topological polar surface area (TPSA) is 16.4 Å². The van der Waals surface area contributed by atoms with Gasteiger partial charge in [-0.3, -0.25) is 0 Å². The van der Waals surface area contributed by atoms with Gasteiger partial charge in [0.1, 0.15) is 11.2 Å². The summed E-state index contributed by atoms with van der Waals surface area (Å²) in [6, 6.07) is 66.5. The highest BCUT2D eigenvalue weighted by Crippen LogP contribution is 2.53. The molecule has 262 valence electrons. The van der Waals surface area contributed by atoms with Crippen LogP contribution in [0.4, 0.5) is 17.1 Å². The normalized spacial score (nSPS) is 14.4. The van der Waals surface area contributed by atoms with E-state index in [1.165, 1.54) is 61.2 Å². The van der Waals surface area contributed by atoms with Gasteiger partial charge in [-0.1, -0.05) is 147 Å². The maximum Gasteiger partial charge on any atom is 0.137 e. The molecule has 0 atom stereocenters. The van der Waals surface area contributed by atoms with Gasteiger partial charge in [-0.25, -0.2) is 0 Å². The summed E-state index contributed by atoms with van der Waals surface area (Å²) in [6.07, 6.45) is 0. The van der Waals surface area contributed by atoms with Crippen LogP contribution in [0.25, 0.3) is 55.3 Å². The fourth-order valence-corrected chi connectivity index (χ4v) is 9.69. The first kappa shape index (κ1) is 31.8. The van der Waals surface area contributed by atoms with E-state index < -0.39 is 0 Å². The lowest BCUT2D eigenvalue weighted by Crippen LogP contribution is -2.22. The highest BCUT2D eigenvalue weighted by molar-refractivity contribution is 6.06. The van der Waals surface area contributed by atoms with Crippen LogP contribution in [0.1, 0.15) is 48.6 Å². The molecule has 0 radical (unpaired) electrons. The van der Waals surface area contributed by atoms with E-state index in [4.69, 9.17) is 4.42 Å². The van der Waals surface area contributed by atoms with Crippen molar-refractivity contribution in [2.75, 3.05) is 4.90 Å². The van der Waals surface area contributed by atoms with E-state index in [2.05, 4.69) is 208 Å². The summed E-state index contributed by atoms with van der Waals surface area (Å²) in [5.74, 6) is 0. The van der Waals surface area contributed by atoms with Gasteiger partial charge >= 0.3 is 0 Å². The van der Waals surface area contributed by atoms with Crippen LogP contribution in [-0.2, 0) is 10.8 Å².